The van der Waals surface area contributed by atoms with Crippen LogP contribution in [0.4, 0.5) is 5.82 Å². The normalized spacial score (nSPS) is 24.2. The number of anilines is 1. The first-order chi connectivity index (χ1) is 19.5. The first kappa shape index (κ1) is 26.8. The highest BCUT2D eigenvalue weighted by molar-refractivity contribution is 7.92. The topological polar surface area (TPSA) is 127 Å². The average molecular weight is 613 g/mol. The molecular formula is C28H29ClN6O4S2. The molecular weight excluding hydrogens is 584 g/mol. The summed E-state index contributed by atoms with van der Waals surface area (Å²) in [6.07, 6.45) is 6.32. The summed E-state index contributed by atoms with van der Waals surface area (Å²) in [5, 5.41) is 9.42. The third kappa shape index (κ3) is 4.26. The highest BCUT2D eigenvalue weighted by Gasteiger charge is 2.53. The molecule has 41 heavy (non-hydrogen) atoms. The fourth-order valence-corrected chi connectivity index (χ4v) is 9.99. The fourth-order valence-electron chi connectivity index (χ4n) is 6.75. The van der Waals surface area contributed by atoms with E-state index in [1.165, 1.54) is 10.4 Å². The Kier molecular flexibility index (Phi) is 6.03. The number of halogens is 1. The molecule has 2 aromatic heterocycles. The van der Waals surface area contributed by atoms with Gasteiger partial charge in [-0.1, -0.05) is 35.4 Å². The number of fused-ring (bicyclic) bond motifs is 6. The zero-order valence-electron chi connectivity index (χ0n) is 22.4. The molecule has 0 unspecified atom stereocenters. The maximum Gasteiger partial charge on any atom is 0.265 e. The Hall–Kier alpha value is -3.06. The Labute approximate surface area is 243 Å². The van der Waals surface area contributed by atoms with Crippen LogP contribution in [0.1, 0.15) is 55.6 Å². The molecule has 3 heterocycles. The van der Waals surface area contributed by atoms with Crippen LogP contribution in [-0.4, -0.2) is 48.5 Å². The molecule has 13 heteroatoms. The number of aromatic nitrogens is 4. The largest absolute Gasteiger partial charge is 0.278 e. The predicted octanol–water partition coefficient (Wildman–Crippen LogP) is 4.16. The highest BCUT2D eigenvalue weighted by atomic mass is 35.5. The van der Waals surface area contributed by atoms with Crippen molar-refractivity contribution >= 4 is 43.1 Å². The van der Waals surface area contributed by atoms with E-state index in [1.54, 1.807) is 48.7 Å². The number of nitrogens with zero attached hydrogens (tertiary/aromatic N) is 5. The van der Waals surface area contributed by atoms with Gasteiger partial charge in [-0.25, -0.2) is 30.8 Å². The van der Waals surface area contributed by atoms with Gasteiger partial charge in [-0.2, -0.15) is 0 Å². The van der Waals surface area contributed by atoms with E-state index in [9.17, 15) is 16.8 Å². The van der Waals surface area contributed by atoms with Crippen molar-refractivity contribution in [3.8, 4) is 0 Å². The smallest absolute Gasteiger partial charge is 0.265 e. The summed E-state index contributed by atoms with van der Waals surface area (Å²) in [7, 11) is -7.51. The second-order valence-electron chi connectivity index (χ2n) is 11.5. The number of benzene rings is 2. The molecule has 2 bridgehead atoms. The van der Waals surface area contributed by atoms with E-state index in [2.05, 4.69) is 19.9 Å². The molecule has 4 aliphatic rings. The summed E-state index contributed by atoms with van der Waals surface area (Å²) in [5.74, 6) is 1.22. The molecule has 1 aliphatic heterocycles. The lowest BCUT2D eigenvalue weighted by Crippen LogP contribution is -2.58. The van der Waals surface area contributed by atoms with Crippen LogP contribution >= 0.6 is 11.6 Å². The molecule has 0 spiro atoms. The Morgan fingerprint density at radius 3 is 2.29 bits per heavy atom. The zero-order valence-corrected chi connectivity index (χ0v) is 24.8. The lowest BCUT2D eigenvalue weighted by molar-refractivity contribution is 0.0879. The molecule has 8 rings (SSSR count). The summed E-state index contributed by atoms with van der Waals surface area (Å²) in [6, 6.07) is 13.1. The van der Waals surface area contributed by atoms with Gasteiger partial charge in [-0.3, -0.25) is 4.40 Å². The van der Waals surface area contributed by atoms with Crippen molar-refractivity contribution in [1.82, 2.24) is 24.3 Å². The molecule has 0 saturated heterocycles. The van der Waals surface area contributed by atoms with Crippen LogP contribution in [0, 0.1) is 6.92 Å². The van der Waals surface area contributed by atoms with Gasteiger partial charge in [-0.15, -0.1) is 10.2 Å². The number of nitrogens with one attached hydrogen (secondary N) is 1. The lowest BCUT2D eigenvalue weighted by atomic mass is 9.57. The molecule has 3 fully saturated rings. The first-order valence-corrected chi connectivity index (χ1v) is 16.9. The van der Waals surface area contributed by atoms with Crippen molar-refractivity contribution in [1.29, 1.82) is 0 Å². The van der Waals surface area contributed by atoms with Crippen LogP contribution in [-0.2, 0) is 31.9 Å². The van der Waals surface area contributed by atoms with Gasteiger partial charge in [-0.05, 0) is 75.8 Å². The summed E-state index contributed by atoms with van der Waals surface area (Å²) in [4.78, 5) is 4.92. The number of aryl methyl sites for hydroxylation is 1. The fraction of sp³-hybridized carbons (Fsp3) is 0.393. The van der Waals surface area contributed by atoms with E-state index in [0.29, 0.717) is 42.2 Å². The Balaban J connectivity index is 1.19. The number of hydrogen-bond acceptors (Lipinski definition) is 7. The molecule has 0 amide bonds. The second-order valence-corrected chi connectivity index (χ2v) is 15.5. The van der Waals surface area contributed by atoms with Gasteiger partial charge >= 0.3 is 0 Å². The van der Waals surface area contributed by atoms with Crippen molar-refractivity contribution in [2.24, 2.45) is 0 Å². The minimum atomic E-state index is -3.78. The van der Waals surface area contributed by atoms with Gasteiger partial charge in [0.15, 0.2) is 11.5 Å². The molecule has 10 nitrogen and oxygen atoms in total. The number of hydrogen-bond donors (Lipinski definition) is 1. The van der Waals surface area contributed by atoms with E-state index < -0.39 is 25.6 Å². The molecule has 2 aromatic carbocycles. The summed E-state index contributed by atoms with van der Waals surface area (Å²) >= 11 is 6.06. The summed E-state index contributed by atoms with van der Waals surface area (Å²) in [6.45, 7) is 2.21. The molecule has 0 atom stereocenters. The third-order valence-electron chi connectivity index (χ3n) is 9.09. The maximum absolute atomic E-state index is 13.5. The monoisotopic (exact) mass is 612 g/mol. The maximum atomic E-state index is 13.5. The van der Waals surface area contributed by atoms with Crippen molar-refractivity contribution in [3.05, 3.63) is 76.8 Å². The van der Waals surface area contributed by atoms with Crippen LogP contribution in [0.2, 0.25) is 5.02 Å². The van der Waals surface area contributed by atoms with E-state index in [0.717, 1.165) is 36.3 Å². The van der Waals surface area contributed by atoms with Gasteiger partial charge in [0.2, 0.25) is 10.0 Å². The minimum Gasteiger partial charge on any atom is -0.278 e. The minimum absolute atomic E-state index is 0.165. The van der Waals surface area contributed by atoms with Gasteiger partial charge in [0.25, 0.3) is 10.0 Å². The van der Waals surface area contributed by atoms with E-state index in [4.69, 9.17) is 11.6 Å². The van der Waals surface area contributed by atoms with E-state index in [1.807, 2.05) is 11.3 Å². The number of sulfonamides is 2. The average Bonchev–Trinajstić information content (AvgIpc) is 3.59. The van der Waals surface area contributed by atoms with Crippen molar-refractivity contribution < 1.29 is 16.8 Å². The van der Waals surface area contributed by atoms with Gasteiger partial charge in [0, 0.05) is 28.9 Å². The standard InChI is InChI=1S/C28H29ClN6O4S2/c1-19-5-7-21(8-6-19)41(38,39)34-16-9-23-25(34)30-18-24-31-32-26(35(23)24)27-10-13-28(14-11-27,15-12-27)33-40(36,37)22-4-2-3-20(29)17-22/h2-8,17-18,33H,9-16H2,1H3. The SMILES string of the molecule is Cc1ccc(S(=O)(=O)N2CCc3c2ncc2nnc(C45CCC(NS(=O)(=O)c6cccc(Cl)c6)(CC4)CC5)n32)cc1. The molecule has 3 aliphatic carbocycles. The predicted molar refractivity (Wildman–Crippen MR) is 154 cm³/mol. The first-order valence-electron chi connectivity index (χ1n) is 13.6. The van der Waals surface area contributed by atoms with Crippen LogP contribution in [0.25, 0.3) is 5.65 Å². The Morgan fingerprint density at radius 2 is 1.61 bits per heavy atom. The van der Waals surface area contributed by atoms with Gasteiger partial charge in [0.1, 0.15) is 5.82 Å². The van der Waals surface area contributed by atoms with Crippen LogP contribution in [0.3, 0.4) is 0 Å². The van der Waals surface area contributed by atoms with Crippen molar-refractivity contribution in [3.63, 3.8) is 0 Å². The summed E-state index contributed by atoms with van der Waals surface area (Å²) in [5.41, 5.74) is 1.57. The Morgan fingerprint density at radius 1 is 0.902 bits per heavy atom. The molecule has 0 radical (unpaired) electrons. The van der Waals surface area contributed by atoms with Crippen molar-refractivity contribution in [2.75, 3.05) is 10.8 Å². The molecule has 4 aromatic rings. The molecule has 3 saturated carbocycles. The van der Waals surface area contributed by atoms with Gasteiger partial charge < -0.3 is 0 Å². The second kappa shape index (κ2) is 9.22. The highest BCUT2D eigenvalue weighted by Crippen LogP contribution is 2.54. The van der Waals surface area contributed by atoms with Crippen LogP contribution < -0.4 is 9.03 Å². The summed E-state index contributed by atoms with van der Waals surface area (Å²) < 4.78 is 59.9. The quantitative estimate of drug-likeness (QED) is 0.346. The molecule has 1 N–H and O–H groups in total. The number of rotatable bonds is 6. The van der Waals surface area contributed by atoms with E-state index in [-0.39, 0.29) is 21.8 Å². The van der Waals surface area contributed by atoms with Crippen molar-refractivity contribution in [2.45, 2.75) is 72.6 Å². The molecule has 214 valence electrons. The Bertz CT molecular complexity index is 1880. The van der Waals surface area contributed by atoms with Crippen LogP contribution in [0.5, 0.6) is 0 Å². The van der Waals surface area contributed by atoms with Crippen LogP contribution in [0.15, 0.2) is 64.5 Å². The van der Waals surface area contributed by atoms with Gasteiger partial charge in [0.05, 0.1) is 21.7 Å². The zero-order chi connectivity index (χ0) is 28.6. The lowest BCUT2D eigenvalue weighted by Gasteiger charge is -2.52. The third-order valence-corrected chi connectivity index (χ3v) is 12.7. The van der Waals surface area contributed by atoms with E-state index >= 15 is 0 Å².